The van der Waals surface area contributed by atoms with Crippen molar-refractivity contribution in [2.24, 2.45) is 0 Å². The lowest BCUT2D eigenvalue weighted by Gasteiger charge is -2.13. The van der Waals surface area contributed by atoms with E-state index in [1.165, 1.54) is 11.3 Å². The lowest BCUT2D eigenvalue weighted by molar-refractivity contribution is 0.385. The van der Waals surface area contributed by atoms with Gasteiger partial charge in [0.2, 0.25) is 0 Å². The molecule has 1 N–H and O–H groups in total. The predicted octanol–water partition coefficient (Wildman–Crippen LogP) is 5.49. The molecule has 0 aliphatic carbocycles. The van der Waals surface area contributed by atoms with Gasteiger partial charge in [-0.3, -0.25) is 4.72 Å². The van der Waals surface area contributed by atoms with Crippen LogP contribution in [0.15, 0.2) is 46.7 Å². The van der Waals surface area contributed by atoms with Crippen LogP contribution in [0.25, 0.3) is 21.0 Å². The number of halogens is 1. The Morgan fingerprint density at radius 3 is 2.60 bits per heavy atom. The number of nitrogens with one attached hydrogen (secondary N) is 1. The number of rotatable bonds is 6. The van der Waals surface area contributed by atoms with Gasteiger partial charge in [-0.2, -0.15) is 0 Å². The number of likely N-dealkylation sites (N-methyl/N-ethyl adjacent to an activating group) is 1. The number of sulfonamides is 1. The number of fused-ring (bicyclic) bond motifs is 2. The zero-order valence-corrected chi connectivity index (χ0v) is 19.7. The van der Waals surface area contributed by atoms with E-state index in [4.69, 9.17) is 11.6 Å². The molecule has 0 unspecified atom stereocenters. The molecule has 4 rings (SSSR count). The van der Waals surface area contributed by atoms with Crippen molar-refractivity contribution in [3.63, 3.8) is 0 Å². The number of aromatic nitrogens is 1. The molecule has 2 heterocycles. The van der Waals surface area contributed by atoms with Crippen LogP contribution in [0.4, 0.5) is 5.69 Å². The molecule has 0 aliphatic heterocycles. The van der Waals surface area contributed by atoms with Crippen molar-refractivity contribution in [1.29, 1.82) is 0 Å². The van der Waals surface area contributed by atoms with Gasteiger partial charge in [-0.1, -0.05) is 11.6 Å². The smallest absolute Gasteiger partial charge is 0.271 e. The van der Waals surface area contributed by atoms with Crippen LogP contribution in [0.3, 0.4) is 0 Å². The van der Waals surface area contributed by atoms with E-state index in [-0.39, 0.29) is 0 Å². The third-order valence-corrected chi connectivity index (χ3v) is 8.74. The Morgan fingerprint density at radius 2 is 1.87 bits per heavy atom. The molecule has 0 spiro atoms. The molecule has 0 atom stereocenters. The molecule has 0 bridgehead atoms. The second-order valence-corrected chi connectivity index (χ2v) is 11.1. The maximum Gasteiger partial charge on any atom is 0.271 e. The first-order chi connectivity index (χ1) is 14.2. The van der Waals surface area contributed by atoms with E-state index in [1.807, 2.05) is 37.3 Å². The van der Waals surface area contributed by atoms with Gasteiger partial charge in [0.25, 0.3) is 10.0 Å². The Morgan fingerprint density at radius 1 is 1.10 bits per heavy atom. The molecule has 8 heteroatoms. The minimum absolute atomic E-state index is 0.319. The highest BCUT2D eigenvalue weighted by Gasteiger charge is 2.22. The Bertz CT molecular complexity index is 1350. The van der Waals surface area contributed by atoms with Crippen molar-refractivity contribution in [2.75, 3.05) is 25.4 Å². The van der Waals surface area contributed by atoms with Gasteiger partial charge in [-0.25, -0.2) is 8.42 Å². The van der Waals surface area contributed by atoms with E-state index in [9.17, 15) is 8.42 Å². The van der Waals surface area contributed by atoms with E-state index >= 15 is 0 Å². The summed E-state index contributed by atoms with van der Waals surface area (Å²) in [5.41, 5.74) is 3.54. The van der Waals surface area contributed by atoms with Gasteiger partial charge in [-0.15, -0.1) is 11.3 Å². The maximum atomic E-state index is 13.1. The molecular weight excluding hydrogens is 438 g/mol. The first-order valence-corrected chi connectivity index (χ1v) is 12.3. The monoisotopic (exact) mass is 461 g/mol. The van der Waals surface area contributed by atoms with E-state index in [1.54, 1.807) is 6.07 Å². The van der Waals surface area contributed by atoms with Crippen LogP contribution < -0.4 is 4.72 Å². The summed E-state index contributed by atoms with van der Waals surface area (Å²) in [6.45, 7) is 5.72. The quantitative estimate of drug-likeness (QED) is 0.413. The van der Waals surface area contributed by atoms with Gasteiger partial charge in [0.05, 0.1) is 0 Å². The van der Waals surface area contributed by atoms with Crippen molar-refractivity contribution >= 4 is 59.6 Å². The van der Waals surface area contributed by atoms with Gasteiger partial charge in [-0.05, 0) is 81.4 Å². The minimum atomic E-state index is -3.70. The topological polar surface area (TPSA) is 54.3 Å². The molecular formula is C22H24ClN3O2S2. The molecule has 5 nitrogen and oxygen atoms in total. The molecule has 0 radical (unpaired) electrons. The van der Waals surface area contributed by atoms with Crippen LogP contribution in [-0.4, -0.2) is 38.5 Å². The summed E-state index contributed by atoms with van der Waals surface area (Å²) in [5, 5.41) is 2.49. The minimum Gasteiger partial charge on any atom is -0.344 e. The molecule has 30 heavy (non-hydrogen) atoms. The Hall–Kier alpha value is -2.06. The fourth-order valence-electron chi connectivity index (χ4n) is 3.70. The number of benzene rings is 2. The number of nitrogens with zero attached hydrogens (tertiary/aromatic N) is 2. The molecule has 0 saturated carbocycles. The standard InChI is InChI=1S/C22H24ClN3O2S2/c1-14-11-16-12-18(6-7-20(16)26(14)10-9-25(3)4)24-30(27,28)22-15(2)19-13-17(23)5-8-21(19)29-22/h5-8,11-13,24H,9-10H2,1-4H3. The van der Waals surface area contributed by atoms with E-state index < -0.39 is 10.0 Å². The van der Waals surface area contributed by atoms with Crippen LogP contribution in [0, 0.1) is 13.8 Å². The highest BCUT2D eigenvalue weighted by molar-refractivity contribution is 7.94. The first kappa shape index (κ1) is 21.2. The summed E-state index contributed by atoms with van der Waals surface area (Å²) in [6, 6.07) is 13.2. The van der Waals surface area contributed by atoms with Crippen molar-refractivity contribution in [1.82, 2.24) is 9.47 Å². The molecule has 2 aromatic heterocycles. The third-order valence-electron chi connectivity index (χ3n) is 5.23. The Labute approximate surface area is 185 Å². The predicted molar refractivity (Wildman–Crippen MR) is 128 cm³/mol. The molecule has 0 aliphatic rings. The molecule has 158 valence electrons. The number of anilines is 1. The fourth-order valence-corrected chi connectivity index (χ4v) is 6.67. The summed E-state index contributed by atoms with van der Waals surface area (Å²) < 4.78 is 32.5. The molecule has 0 amide bonds. The van der Waals surface area contributed by atoms with Crippen molar-refractivity contribution in [3.8, 4) is 0 Å². The third kappa shape index (κ3) is 3.95. The van der Waals surface area contributed by atoms with Gasteiger partial charge in [0.1, 0.15) is 4.21 Å². The highest BCUT2D eigenvalue weighted by Crippen LogP contribution is 2.36. The van der Waals surface area contributed by atoms with Crippen LogP contribution in [-0.2, 0) is 16.6 Å². The van der Waals surface area contributed by atoms with E-state index in [0.717, 1.165) is 45.3 Å². The Kier molecular flexibility index (Phi) is 5.57. The number of thiophene rings is 1. The second-order valence-electron chi connectivity index (χ2n) is 7.77. The van der Waals surface area contributed by atoms with E-state index in [2.05, 4.69) is 41.3 Å². The number of hydrogen-bond donors (Lipinski definition) is 1. The lowest BCUT2D eigenvalue weighted by atomic mass is 10.2. The van der Waals surface area contributed by atoms with Crippen LogP contribution >= 0.6 is 22.9 Å². The second kappa shape index (κ2) is 7.89. The maximum absolute atomic E-state index is 13.1. The first-order valence-electron chi connectivity index (χ1n) is 9.62. The average molecular weight is 462 g/mol. The zero-order chi connectivity index (χ0) is 21.6. The largest absolute Gasteiger partial charge is 0.344 e. The van der Waals surface area contributed by atoms with Crippen LogP contribution in [0.2, 0.25) is 5.02 Å². The summed E-state index contributed by atoms with van der Waals surface area (Å²) in [7, 11) is 0.407. The Balaban J connectivity index is 1.67. The number of hydrogen-bond acceptors (Lipinski definition) is 4. The summed E-state index contributed by atoms with van der Waals surface area (Å²) in [5.74, 6) is 0. The molecule has 2 aromatic carbocycles. The molecule has 0 saturated heterocycles. The average Bonchev–Trinajstić information content (AvgIpc) is 3.16. The van der Waals surface area contributed by atoms with Crippen molar-refractivity contribution in [2.45, 2.75) is 24.6 Å². The molecule has 0 fully saturated rings. The lowest BCUT2D eigenvalue weighted by Crippen LogP contribution is -2.18. The summed E-state index contributed by atoms with van der Waals surface area (Å²) in [4.78, 5) is 2.15. The zero-order valence-electron chi connectivity index (χ0n) is 17.4. The fraction of sp³-hybridized carbons (Fsp3) is 0.273. The van der Waals surface area contributed by atoms with Crippen LogP contribution in [0.1, 0.15) is 11.3 Å². The van der Waals surface area contributed by atoms with Crippen molar-refractivity contribution < 1.29 is 8.42 Å². The van der Waals surface area contributed by atoms with Gasteiger partial charge < -0.3 is 9.47 Å². The van der Waals surface area contributed by atoms with Crippen LogP contribution in [0.5, 0.6) is 0 Å². The highest BCUT2D eigenvalue weighted by atomic mass is 35.5. The summed E-state index contributed by atoms with van der Waals surface area (Å²) >= 11 is 7.35. The SMILES string of the molecule is Cc1c(S(=O)(=O)Nc2ccc3c(c2)cc(C)n3CCN(C)C)sc2ccc(Cl)cc12. The van der Waals surface area contributed by atoms with Gasteiger partial charge in [0.15, 0.2) is 0 Å². The number of aryl methyl sites for hydroxylation is 2. The van der Waals surface area contributed by atoms with E-state index in [0.29, 0.717) is 14.9 Å². The normalized spacial score (nSPS) is 12.3. The van der Waals surface area contributed by atoms with Crippen molar-refractivity contribution in [3.05, 3.63) is 58.7 Å². The molecule has 4 aromatic rings. The van der Waals surface area contributed by atoms with Gasteiger partial charge >= 0.3 is 0 Å². The summed E-state index contributed by atoms with van der Waals surface area (Å²) in [6.07, 6.45) is 0. The van der Waals surface area contributed by atoms with Gasteiger partial charge in [0, 0.05) is 45.1 Å².